The van der Waals surface area contributed by atoms with Crippen molar-refractivity contribution >= 4 is 33.3 Å². The number of fused-ring (bicyclic) bond motifs is 13. The molecule has 17 atom stereocenters. The van der Waals surface area contributed by atoms with Crippen LogP contribution >= 0.6 is 21.6 Å². The molecule has 1 aromatic rings. The molecule has 8 aliphatic carbocycles. The standard InChI is InChI=1S/C55H83N5O6S2/c1-30(2)11-10-16-54-25-45(64)44(63)21-41(54)43(62)22-42-48(54)33(26-58-51(56)59-31(3)61)23-53(6)40-20-34(55(42,53)66)27-67-68-28-35(60-18-17-57-29-60)24-52(4,5)49-38-14-8-7-13-36(38)37-15-9-12-32-19-39(40)50(65)47(49)46(32)37/h17-18,22,29-36,39-41,44-45,47-48,50,61,63-66H,7-16,19-21,23-28H2,1-6H3,(H3,56,58,59). The average Bonchev–Trinajstić information content (AvgIpc) is 3.90. The van der Waals surface area contributed by atoms with Gasteiger partial charge in [0.25, 0.3) is 0 Å². The summed E-state index contributed by atoms with van der Waals surface area (Å²) >= 11 is 0. The minimum Gasteiger partial charge on any atom is -0.392 e. The molecule has 5 saturated carbocycles. The smallest absolute Gasteiger partial charge is 0.190 e. The number of allylic oxidation sites excluding steroid dienone is 3. The lowest BCUT2D eigenvalue weighted by Gasteiger charge is -2.65. The molecule has 13 heteroatoms. The Hall–Kier alpha value is -2.13. The van der Waals surface area contributed by atoms with Crippen molar-refractivity contribution in [2.45, 2.75) is 180 Å². The van der Waals surface area contributed by atoms with E-state index in [1.54, 1.807) is 23.6 Å². The average molecular weight is 974 g/mol. The molecule has 1 aliphatic heterocycles. The Labute approximate surface area is 413 Å². The first-order valence-electron chi connectivity index (χ1n) is 26.8. The number of imidazole rings is 1. The van der Waals surface area contributed by atoms with Crippen LogP contribution in [0.3, 0.4) is 0 Å². The Bertz CT molecular complexity index is 2190. The predicted octanol–water partition coefficient (Wildman–Crippen LogP) is 8.54. The number of hydrogen-bond acceptors (Lipinski definition) is 10. The normalized spacial score (nSPS) is 44.0. The largest absolute Gasteiger partial charge is 0.392 e. The minimum atomic E-state index is -1.37. The summed E-state index contributed by atoms with van der Waals surface area (Å²) in [5, 5.41) is 64.5. The van der Waals surface area contributed by atoms with Crippen LogP contribution in [0.4, 0.5) is 0 Å². The zero-order valence-electron chi connectivity index (χ0n) is 41.8. The molecule has 8 N–H and O–H groups in total. The van der Waals surface area contributed by atoms with Gasteiger partial charge in [-0.15, -0.1) is 0 Å². The van der Waals surface area contributed by atoms with Gasteiger partial charge in [-0.2, -0.15) is 0 Å². The van der Waals surface area contributed by atoms with Crippen LogP contribution in [0.25, 0.3) is 0 Å². The van der Waals surface area contributed by atoms with Gasteiger partial charge in [-0.25, -0.2) is 4.98 Å². The van der Waals surface area contributed by atoms with E-state index in [1.165, 1.54) is 31.3 Å². The van der Waals surface area contributed by atoms with Crippen LogP contribution in [-0.4, -0.2) is 95.0 Å². The monoisotopic (exact) mass is 974 g/mol. The van der Waals surface area contributed by atoms with Crippen LogP contribution in [-0.2, 0) is 4.79 Å². The highest BCUT2D eigenvalue weighted by atomic mass is 33.1. The second kappa shape index (κ2) is 18.7. The summed E-state index contributed by atoms with van der Waals surface area (Å²) in [7, 11) is 3.75. The van der Waals surface area contributed by atoms with Gasteiger partial charge in [0.15, 0.2) is 11.7 Å². The van der Waals surface area contributed by atoms with Crippen LogP contribution in [0.1, 0.15) is 150 Å². The van der Waals surface area contributed by atoms with Gasteiger partial charge in [-0.3, -0.25) is 9.79 Å². The van der Waals surface area contributed by atoms with Crippen molar-refractivity contribution in [2.24, 2.45) is 86.2 Å². The Kier molecular flexibility index (Phi) is 13.6. The molecular formula is C55H83N5O6S2. The van der Waals surface area contributed by atoms with Crippen molar-refractivity contribution < 1.29 is 30.3 Å². The SMILES string of the molecule is CC(C)CCCC12CC(O)C(O)CC1C(=O)C=C1C2C(CN=C(N)NC(C)O)CC2(C)C3CC(CSSCC(n4ccnc4)CC(C)(C)C4=C5CCCCC5C5=C6C(CCC5)CC3C(O)C64)C12O. The number of nitrogens with one attached hydrogen (secondary N) is 1. The molecule has 9 aliphatic rings. The lowest BCUT2D eigenvalue weighted by molar-refractivity contribution is -0.176. The molecule has 1 saturated heterocycles. The summed E-state index contributed by atoms with van der Waals surface area (Å²) in [5.74, 6) is 1.75. The highest BCUT2D eigenvalue weighted by molar-refractivity contribution is 8.76. The third-order valence-corrected chi connectivity index (χ3v) is 22.8. The maximum absolute atomic E-state index is 15.1. The van der Waals surface area contributed by atoms with Gasteiger partial charge in [-0.1, -0.05) is 97.8 Å². The molecule has 17 unspecified atom stereocenters. The van der Waals surface area contributed by atoms with Crippen LogP contribution in [0.15, 0.2) is 57.7 Å². The molecule has 11 nitrogen and oxygen atoms in total. The molecule has 0 aromatic carbocycles. The zero-order chi connectivity index (χ0) is 48.1. The molecule has 0 spiro atoms. The van der Waals surface area contributed by atoms with Crippen molar-refractivity contribution in [3.63, 3.8) is 0 Å². The first kappa shape index (κ1) is 49.4. The molecule has 376 valence electrons. The lowest BCUT2D eigenvalue weighted by Crippen LogP contribution is -2.66. The number of carbonyl (C=O) groups is 1. The van der Waals surface area contributed by atoms with E-state index in [4.69, 9.17) is 10.7 Å². The van der Waals surface area contributed by atoms with E-state index in [0.29, 0.717) is 42.9 Å². The molecular weight excluding hydrogens is 891 g/mol. The lowest BCUT2D eigenvalue weighted by atomic mass is 9.41. The molecule has 2 heterocycles. The van der Waals surface area contributed by atoms with Crippen molar-refractivity contribution in [3.05, 3.63) is 52.7 Å². The van der Waals surface area contributed by atoms with E-state index in [0.717, 1.165) is 62.7 Å². The number of ketones is 1. The Morgan fingerprint density at radius 2 is 1.76 bits per heavy atom. The van der Waals surface area contributed by atoms with Crippen molar-refractivity contribution in [1.29, 1.82) is 0 Å². The second-order valence-electron chi connectivity index (χ2n) is 24.9. The van der Waals surface area contributed by atoms with Crippen LogP contribution in [0.2, 0.25) is 0 Å². The van der Waals surface area contributed by atoms with Gasteiger partial charge in [0.2, 0.25) is 0 Å². The minimum absolute atomic E-state index is 0.0325. The van der Waals surface area contributed by atoms with Crippen LogP contribution in [0, 0.1) is 75.4 Å². The third-order valence-electron chi connectivity index (χ3n) is 20.2. The zero-order valence-corrected chi connectivity index (χ0v) is 43.4. The Morgan fingerprint density at radius 3 is 2.51 bits per heavy atom. The molecule has 1 aromatic heterocycles. The van der Waals surface area contributed by atoms with E-state index in [1.807, 2.05) is 40.2 Å². The molecule has 6 fully saturated rings. The molecule has 10 rings (SSSR count). The number of nitrogens with two attached hydrogens (primary N) is 1. The van der Waals surface area contributed by atoms with E-state index in [9.17, 15) is 25.5 Å². The van der Waals surface area contributed by atoms with E-state index in [2.05, 4.69) is 55.7 Å². The number of guanidine groups is 1. The molecule has 0 radical (unpaired) electrons. The van der Waals surface area contributed by atoms with E-state index < -0.39 is 46.9 Å². The number of aromatic nitrogens is 2. The first-order chi connectivity index (χ1) is 32.4. The number of aliphatic hydroxyl groups excluding tert-OH is 4. The second-order valence-corrected chi connectivity index (χ2v) is 27.4. The fraction of sp³-hybridized carbons (Fsp3) is 0.800. The summed E-state index contributed by atoms with van der Waals surface area (Å²) in [5.41, 5.74) is 10.7. The third kappa shape index (κ3) is 8.07. The summed E-state index contributed by atoms with van der Waals surface area (Å²) < 4.78 is 2.30. The summed E-state index contributed by atoms with van der Waals surface area (Å²) in [6.07, 6.45) is 18.8. The van der Waals surface area contributed by atoms with Crippen molar-refractivity contribution in [3.8, 4) is 0 Å². The number of nitrogens with zero attached hydrogens (tertiary/aromatic N) is 3. The van der Waals surface area contributed by atoms with Gasteiger partial charge < -0.3 is 41.2 Å². The summed E-state index contributed by atoms with van der Waals surface area (Å²) in [4.78, 5) is 24.6. The quantitative estimate of drug-likeness (QED) is 0.0435. The van der Waals surface area contributed by atoms with Gasteiger partial charge in [-0.05, 0) is 148 Å². The number of aliphatic hydroxyl groups is 5. The highest BCUT2D eigenvalue weighted by Crippen LogP contribution is 2.74. The number of carbonyl (C=O) groups excluding carboxylic acids is 1. The van der Waals surface area contributed by atoms with Gasteiger partial charge in [0.05, 0.1) is 30.2 Å². The topological polar surface area (TPSA) is 186 Å². The van der Waals surface area contributed by atoms with Crippen molar-refractivity contribution in [1.82, 2.24) is 14.9 Å². The number of rotatable bonds is 8. The maximum Gasteiger partial charge on any atom is 0.190 e. The van der Waals surface area contributed by atoms with Gasteiger partial charge in [0.1, 0.15) is 6.23 Å². The highest BCUT2D eigenvalue weighted by Gasteiger charge is 2.73. The van der Waals surface area contributed by atoms with Crippen molar-refractivity contribution in [2.75, 3.05) is 18.1 Å². The van der Waals surface area contributed by atoms with E-state index in [-0.39, 0.29) is 71.5 Å². The number of hydrogen-bond donors (Lipinski definition) is 7. The fourth-order valence-corrected chi connectivity index (χ4v) is 20.5. The first-order valence-corrected chi connectivity index (χ1v) is 29.3. The maximum atomic E-state index is 15.1. The summed E-state index contributed by atoms with van der Waals surface area (Å²) in [6, 6.07) is 0.187. The van der Waals surface area contributed by atoms with E-state index >= 15 is 4.79 Å². The number of aliphatic imine (C=N–C) groups is 1. The summed E-state index contributed by atoms with van der Waals surface area (Å²) in [6.45, 7) is 13.6. The van der Waals surface area contributed by atoms with Gasteiger partial charge in [0, 0.05) is 65.6 Å². The molecule has 68 heavy (non-hydrogen) atoms. The molecule has 0 amide bonds. The van der Waals surface area contributed by atoms with Gasteiger partial charge >= 0.3 is 0 Å². The Morgan fingerprint density at radius 1 is 0.985 bits per heavy atom. The fourth-order valence-electron chi connectivity index (χ4n) is 17.8. The molecule has 4 bridgehead atoms. The van der Waals surface area contributed by atoms with Crippen LogP contribution in [0.5, 0.6) is 0 Å². The van der Waals surface area contributed by atoms with Crippen LogP contribution < -0.4 is 11.1 Å². The predicted molar refractivity (Wildman–Crippen MR) is 272 cm³/mol. The Balaban J connectivity index is 1.15.